The number of esters is 1. The number of hydrogen-bond acceptors (Lipinski definition) is 4. The summed E-state index contributed by atoms with van der Waals surface area (Å²) in [5.41, 5.74) is 1.13. The van der Waals surface area contributed by atoms with E-state index in [0.29, 0.717) is 13.0 Å². The van der Waals surface area contributed by atoms with Gasteiger partial charge in [0.2, 0.25) is 0 Å². The predicted octanol–water partition coefficient (Wildman–Crippen LogP) is 2.08. The van der Waals surface area contributed by atoms with Crippen molar-refractivity contribution in [3.8, 4) is 5.75 Å². The molecule has 1 aromatic rings. The molecule has 100 valence electrons. The number of carbonyl (C=O) groups is 1. The zero-order valence-electron chi connectivity index (χ0n) is 11.3. The quantitative estimate of drug-likeness (QED) is 0.695. The highest BCUT2D eigenvalue weighted by Crippen LogP contribution is 2.19. The van der Waals surface area contributed by atoms with Crippen LogP contribution in [0.2, 0.25) is 0 Å². The highest BCUT2D eigenvalue weighted by Gasteiger charge is 2.10. The fraction of sp³-hybridized carbons (Fsp3) is 0.500. The Bertz CT molecular complexity index is 379. The number of nitrogens with zero attached hydrogens (tertiary/aromatic N) is 1. The molecule has 4 nitrogen and oxygen atoms in total. The molecule has 0 aliphatic carbocycles. The molecule has 0 fully saturated rings. The van der Waals surface area contributed by atoms with Crippen LogP contribution in [0.15, 0.2) is 24.3 Å². The van der Waals surface area contributed by atoms with Crippen LogP contribution in [0, 0.1) is 0 Å². The lowest BCUT2D eigenvalue weighted by Gasteiger charge is -2.21. The number of hydrogen-bond donors (Lipinski definition) is 0. The van der Waals surface area contributed by atoms with Gasteiger partial charge in [0.25, 0.3) is 0 Å². The highest BCUT2D eigenvalue weighted by atomic mass is 16.5. The largest absolute Gasteiger partial charge is 0.496 e. The Morgan fingerprint density at radius 2 is 2.00 bits per heavy atom. The molecule has 0 aliphatic rings. The molecule has 0 heterocycles. The van der Waals surface area contributed by atoms with Crippen LogP contribution in [-0.4, -0.2) is 38.2 Å². The minimum Gasteiger partial charge on any atom is -0.496 e. The SMILES string of the molecule is CCN(CCC(=O)OC)Cc1ccccc1OC. The van der Waals surface area contributed by atoms with Crippen LogP contribution in [0.3, 0.4) is 0 Å². The van der Waals surface area contributed by atoms with Crippen LogP contribution in [0.5, 0.6) is 5.75 Å². The van der Waals surface area contributed by atoms with Crippen molar-refractivity contribution in [2.45, 2.75) is 19.9 Å². The summed E-state index contributed by atoms with van der Waals surface area (Å²) in [6, 6.07) is 7.93. The van der Waals surface area contributed by atoms with E-state index in [-0.39, 0.29) is 5.97 Å². The molecule has 18 heavy (non-hydrogen) atoms. The Morgan fingerprint density at radius 3 is 2.61 bits per heavy atom. The summed E-state index contributed by atoms with van der Waals surface area (Å²) in [6.45, 7) is 4.43. The van der Waals surface area contributed by atoms with Gasteiger partial charge in [-0.2, -0.15) is 0 Å². The topological polar surface area (TPSA) is 38.8 Å². The molecule has 0 amide bonds. The third-order valence-corrected chi connectivity index (χ3v) is 2.89. The Morgan fingerprint density at radius 1 is 1.28 bits per heavy atom. The lowest BCUT2D eigenvalue weighted by Crippen LogP contribution is -2.26. The van der Waals surface area contributed by atoms with Gasteiger partial charge < -0.3 is 9.47 Å². The Hall–Kier alpha value is -1.55. The molecule has 0 aromatic heterocycles. The predicted molar refractivity (Wildman–Crippen MR) is 70.6 cm³/mol. The molecule has 0 radical (unpaired) electrons. The molecule has 0 bridgehead atoms. The van der Waals surface area contributed by atoms with Gasteiger partial charge in [0.15, 0.2) is 0 Å². The van der Waals surface area contributed by atoms with E-state index in [9.17, 15) is 4.79 Å². The maximum absolute atomic E-state index is 11.1. The first-order valence-electron chi connectivity index (χ1n) is 6.12. The maximum atomic E-state index is 11.1. The van der Waals surface area contributed by atoms with Crippen LogP contribution < -0.4 is 4.74 Å². The Labute approximate surface area is 108 Å². The minimum atomic E-state index is -0.173. The van der Waals surface area contributed by atoms with Crippen LogP contribution in [-0.2, 0) is 16.1 Å². The van der Waals surface area contributed by atoms with Crippen molar-refractivity contribution >= 4 is 5.97 Å². The lowest BCUT2D eigenvalue weighted by molar-refractivity contribution is -0.141. The van der Waals surface area contributed by atoms with Crippen LogP contribution in [0.25, 0.3) is 0 Å². The summed E-state index contributed by atoms with van der Waals surface area (Å²) < 4.78 is 9.97. The Balaban J connectivity index is 2.59. The van der Waals surface area contributed by atoms with E-state index < -0.39 is 0 Å². The molecule has 4 heteroatoms. The summed E-state index contributed by atoms with van der Waals surface area (Å²) in [7, 11) is 3.09. The molecule has 0 unspecified atom stereocenters. The van der Waals surface area contributed by atoms with Crippen LogP contribution >= 0.6 is 0 Å². The highest BCUT2D eigenvalue weighted by molar-refractivity contribution is 5.69. The first-order chi connectivity index (χ1) is 8.71. The smallest absolute Gasteiger partial charge is 0.306 e. The average molecular weight is 251 g/mol. The number of carbonyl (C=O) groups excluding carboxylic acids is 1. The van der Waals surface area contributed by atoms with E-state index in [1.807, 2.05) is 24.3 Å². The molecule has 0 N–H and O–H groups in total. The van der Waals surface area contributed by atoms with Crippen LogP contribution in [0.4, 0.5) is 0 Å². The number of methoxy groups -OCH3 is 2. The molecule has 0 saturated heterocycles. The Kier molecular flexibility index (Phi) is 6.22. The molecule has 0 aliphatic heterocycles. The van der Waals surface area contributed by atoms with E-state index >= 15 is 0 Å². The number of ether oxygens (including phenoxy) is 2. The van der Waals surface area contributed by atoms with Gasteiger partial charge in [0.1, 0.15) is 5.75 Å². The standard InChI is InChI=1S/C14H21NO3/c1-4-15(10-9-14(16)18-3)11-12-7-5-6-8-13(12)17-2/h5-8H,4,9-11H2,1-3H3. The summed E-state index contributed by atoms with van der Waals surface area (Å²) in [5, 5.41) is 0. The van der Waals surface area contributed by atoms with Crippen LogP contribution in [0.1, 0.15) is 18.9 Å². The molecule has 1 aromatic carbocycles. The molecule has 1 rings (SSSR count). The molecule has 0 atom stereocenters. The van der Waals surface area contributed by atoms with Crippen molar-refractivity contribution in [3.63, 3.8) is 0 Å². The first kappa shape index (κ1) is 14.5. The fourth-order valence-corrected chi connectivity index (χ4v) is 1.77. The van der Waals surface area contributed by atoms with Gasteiger partial charge >= 0.3 is 5.97 Å². The van der Waals surface area contributed by atoms with Gasteiger partial charge in [0.05, 0.1) is 20.6 Å². The van der Waals surface area contributed by atoms with E-state index in [0.717, 1.165) is 24.4 Å². The van der Waals surface area contributed by atoms with Gasteiger partial charge in [-0.1, -0.05) is 25.1 Å². The zero-order valence-corrected chi connectivity index (χ0v) is 11.3. The summed E-state index contributed by atoms with van der Waals surface area (Å²) in [4.78, 5) is 13.3. The van der Waals surface area contributed by atoms with E-state index in [4.69, 9.17) is 4.74 Å². The van der Waals surface area contributed by atoms with Crippen molar-refractivity contribution in [2.24, 2.45) is 0 Å². The monoisotopic (exact) mass is 251 g/mol. The van der Waals surface area contributed by atoms with E-state index in [2.05, 4.69) is 16.6 Å². The third-order valence-electron chi connectivity index (χ3n) is 2.89. The van der Waals surface area contributed by atoms with Crippen molar-refractivity contribution in [3.05, 3.63) is 29.8 Å². The minimum absolute atomic E-state index is 0.173. The number of para-hydroxylation sites is 1. The normalized spacial score (nSPS) is 10.4. The molecule has 0 spiro atoms. The summed E-state index contributed by atoms with van der Waals surface area (Å²) in [5.74, 6) is 0.711. The first-order valence-corrected chi connectivity index (χ1v) is 6.12. The number of benzene rings is 1. The second-order valence-electron chi connectivity index (χ2n) is 4.01. The molecule has 0 saturated carbocycles. The summed E-state index contributed by atoms with van der Waals surface area (Å²) >= 11 is 0. The van der Waals surface area contributed by atoms with Crippen molar-refractivity contribution in [1.29, 1.82) is 0 Å². The van der Waals surface area contributed by atoms with Crippen molar-refractivity contribution in [1.82, 2.24) is 4.90 Å². The van der Waals surface area contributed by atoms with Crippen molar-refractivity contribution in [2.75, 3.05) is 27.3 Å². The van der Waals surface area contributed by atoms with Gasteiger partial charge in [-0.25, -0.2) is 0 Å². The molecular weight excluding hydrogens is 230 g/mol. The summed E-state index contributed by atoms with van der Waals surface area (Å²) in [6.07, 6.45) is 0.416. The van der Waals surface area contributed by atoms with Crippen molar-refractivity contribution < 1.29 is 14.3 Å². The van der Waals surface area contributed by atoms with Gasteiger partial charge in [-0.15, -0.1) is 0 Å². The zero-order chi connectivity index (χ0) is 13.4. The lowest BCUT2D eigenvalue weighted by atomic mass is 10.2. The van der Waals surface area contributed by atoms with Gasteiger partial charge in [-0.05, 0) is 12.6 Å². The fourth-order valence-electron chi connectivity index (χ4n) is 1.77. The van der Waals surface area contributed by atoms with Gasteiger partial charge in [0, 0.05) is 18.7 Å². The average Bonchev–Trinajstić information content (AvgIpc) is 2.43. The van der Waals surface area contributed by atoms with Gasteiger partial charge in [-0.3, -0.25) is 9.69 Å². The molecular formula is C14H21NO3. The van der Waals surface area contributed by atoms with E-state index in [1.165, 1.54) is 7.11 Å². The second-order valence-corrected chi connectivity index (χ2v) is 4.01. The maximum Gasteiger partial charge on any atom is 0.306 e. The van der Waals surface area contributed by atoms with E-state index in [1.54, 1.807) is 7.11 Å². The second kappa shape index (κ2) is 7.71. The third kappa shape index (κ3) is 4.37. The number of rotatable bonds is 7.